The van der Waals surface area contributed by atoms with Gasteiger partial charge in [0.05, 0.1) is 22.8 Å². The summed E-state index contributed by atoms with van der Waals surface area (Å²) in [5.41, 5.74) is 3.54. The molecule has 1 aromatic carbocycles. The van der Waals surface area contributed by atoms with Crippen LogP contribution in [0.5, 0.6) is 0 Å². The van der Waals surface area contributed by atoms with Crippen LogP contribution in [-0.4, -0.2) is 35.0 Å². The van der Waals surface area contributed by atoms with Gasteiger partial charge in [-0.15, -0.1) is 0 Å². The molecule has 0 unspecified atom stereocenters. The number of amides is 1. The van der Waals surface area contributed by atoms with Crippen molar-refractivity contribution in [2.45, 2.75) is 19.9 Å². The molecule has 0 spiro atoms. The molecule has 1 fully saturated rings. The molecule has 1 saturated heterocycles. The van der Waals surface area contributed by atoms with Crippen LogP contribution in [0.15, 0.2) is 36.5 Å². The van der Waals surface area contributed by atoms with Gasteiger partial charge in [0.15, 0.2) is 0 Å². The van der Waals surface area contributed by atoms with Crippen LogP contribution in [0.3, 0.4) is 0 Å². The highest BCUT2D eigenvalue weighted by atomic mass is 35.5. The third-order valence-electron chi connectivity index (χ3n) is 4.71. The Hall–Kier alpha value is -2.73. The summed E-state index contributed by atoms with van der Waals surface area (Å²) >= 11 is 6.03. The van der Waals surface area contributed by atoms with E-state index in [0.29, 0.717) is 24.5 Å². The lowest BCUT2D eigenvalue weighted by molar-refractivity contribution is 0.0930. The maximum atomic E-state index is 13.1. The Morgan fingerprint density at radius 3 is 2.78 bits per heavy atom. The summed E-state index contributed by atoms with van der Waals surface area (Å²) in [5.74, 6) is -0.0589. The topological polar surface area (TPSA) is 58.1 Å². The average molecular weight is 385 g/mol. The van der Waals surface area contributed by atoms with Gasteiger partial charge < -0.3 is 10.2 Å². The van der Waals surface area contributed by atoms with Crippen LogP contribution >= 0.6 is 11.6 Å². The Kier molecular flexibility index (Phi) is 4.44. The quantitative estimate of drug-likeness (QED) is 0.748. The SMILES string of the molecule is Cc1cc(C)c2cc(C(=O)NC3CN(c4ncc(F)cc4Cl)C3)ccc2n1. The molecule has 3 aromatic rings. The number of carbonyl (C=O) groups is 1. The van der Waals surface area contributed by atoms with Crippen LogP contribution in [0.4, 0.5) is 10.2 Å². The molecule has 0 atom stereocenters. The minimum Gasteiger partial charge on any atom is -0.351 e. The molecule has 1 amide bonds. The van der Waals surface area contributed by atoms with Crippen molar-refractivity contribution in [1.82, 2.24) is 15.3 Å². The number of carbonyl (C=O) groups excluding carboxylic acids is 1. The zero-order valence-corrected chi connectivity index (χ0v) is 15.7. The van der Waals surface area contributed by atoms with Gasteiger partial charge in [-0.2, -0.15) is 0 Å². The van der Waals surface area contributed by atoms with Crippen LogP contribution < -0.4 is 10.2 Å². The maximum absolute atomic E-state index is 13.1. The normalized spacial score (nSPS) is 14.3. The van der Waals surface area contributed by atoms with E-state index in [1.54, 1.807) is 6.07 Å². The highest BCUT2D eigenvalue weighted by Gasteiger charge is 2.30. The van der Waals surface area contributed by atoms with Gasteiger partial charge in [0.2, 0.25) is 0 Å². The second-order valence-electron chi connectivity index (χ2n) is 6.85. The van der Waals surface area contributed by atoms with E-state index in [0.717, 1.165) is 28.4 Å². The second-order valence-corrected chi connectivity index (χ2v) is 7.25. The lowest BCUT2D eigenvalue weighted by Gasteiger charge is -2.40. The molecule has 27 heavy (non-hydrogen) atoms. The first kappa shape index (κ1) is 17.7. The zero-order chi connectivity index (χ0) is 19.1. The third-order valence-corrected chi connectivity index (χ3v) is 4.99. The molecule has 1 aliphatic rings. The number of nitrogens with one attached hydrogen (secondary N) is 1. The molecular formula is C20H18ClFN4O. The first-order valence-electron chi connectivity index (χ1n) is 8.65. The van der Waals surface area contributed by atoms with E-state index < -0.39 is 5.82 Å². The van der Waals surface area contributed by atoms with E-state index in [9.17, 15) is 9.18 Å². The van der Waals surface area contributed by atoms with Gasteiger partial charge in [-0.25, -0.2) is 9.37 Å². The molecule has 1 aliphatic heterocycles. The van der Waals surface area contributed by atoms with E-state index in [1.807, 2.05) is 36.9 Å². The van der Waals surface area contributed by atoms with E-state index in [4.69, 9.17) is 11.6 Å². The first-order valence-corrected chi connectivity index (χ1v) is 9.03. The van der Waals surface area contributed by atoms with Crippen LogP contribution in [0, 0.1) is 19.7 Å². The van der Waals surface area contributed by atoms with Crippen molar-refractivity contribution < 1.29 is 9.18 Å². The van der Waals surface area contributed by atoms with Crippen molar-refractivity contribution in [3.63, 3.8) is 0 Å². The minimum atomic E-state index is -0.467. The summed E-state index contributed by atoms with van der Waals surface area (Å²) < 4.78 is 13.1. The number of hydrogen-bond acceptors (Lipinski definition) is 4. The highest BCUT2D eigenvalue weighted by Crippen LogP contribution is 2.27. The summed E-state index contributed by atoms with van der Waals surface area (Å²) in [6.07, 6.45) is 1.14. The van der Waals surface area contributed by atoms with Gasteiger partial charge in [0.1, 0.15) is 11.6 Å². The lowest BCUT2D eigenvalue weighted by atomic mass is 10.0. The van der Waals surface area contributed by atoms with E-state index in [-0.39, 0.29) is 17.0 Å². The van der Waals surface area contributed by atoms with Crippen molar-refractivity contribution in [2.24, 2.45) is 0 Å². The summed E-state index contributed by atoms with van der Waals surface area (Å²) in [6.45, 7) is 5.13. The molecule has 1 N–H and O–H groups in total. The number of aromatic nitrogens is 2. The molecule has 4 rings (SSSR count). The monoisotopic (exact) mass is 384 g/mol. The highest BCUT2D eigenvalue weighted by molar-refractivity contribution is 6.33. The molecular weight excluding hydrogens is 367 g/mol. The third kappa shape index (κ3) is 3.45. The predicted molar refractivity (Wildman–Crippen MR) is 104 cm³/mol. The van der Waals surface area contributed by atoms with Crippen molar-refractivity contribution >= 4 is 34.2 Å². The Morgan fingerprint density at radius 2 is 2.04 bits per heavy atom. The number of rotatable bonds is 3. The summed E-state index contributed by atoms with van der Waals surface area (Å²) in [4.78, 5) is 23.0. The van der Waals surface area contributed by atoms with Gasteiger partial charge in [0.25, 0.3) is 5.91 Å². The van der Waals surface area contributed by atoms with Crippen LogP contribution in [-0.2, 0) is 0 Å². The van der Waals surface area contributed by atoms with E-state index >= 15 is 0 Å². The Labute approximate surface area is 161 Å². The Bertz CT molecular complexity index is 1050. The van der Waals surface area contributed by atoms with Gasteiger partial charge in [-0.3, -0.25) is 9.78 Å². The van der Waals surface area contributed by atoms with Crippen LogP contribution in [0.2, 0.25) is 5.02 Å². The van der Waals surface area contributed by atoms with Crippen LogP contribution in [0.1, 0.15) is 21.6 Å². The van der Waals surface area contributed by atoms with Crippen molar-refractivity contribution in [3.05, 3.63) is 64.2 Å². The van der Waals surface area contributed by atoms with Crippen LogP contribution in [0.25, 0.3) is 10.9 Å². The standard InChI is InChI=1S/C20H18ClFN4O/c1-11-5-12(2)24-18-4-3-13(6-16(11)18)20(27)25-15-9-26(10-15)19-17(21)7-14(22)8-23-19/h3-8,15H,9-10H2,1-2H3,(H,25,27). The zero-order valence-electron chi connectivity index (χ0n) is 15.0. The fourth-order valence-corrected chi connectivity index (χ4v) is 3.63. The number of hydrogen-bond donors (Lipinski definition) is 1. The second kappa shape index (κ2) is 6.78. The number of anilines is 1. The van der Waals surface area contributed by atoms with E-state index in [1.165, 1.54) is 6.07 Å². The summed E-state index contributed by atoms with van der Waals surface area (Å²) in [6, 6.07) is 8.78. The molecule has 2 aromatic heterocycles. The molecule has 0 bridgehead atoms. The van der Waals surface area contributed by atoms with Gasteiger partial charge >= 0.3 is 0 Å². The largest absolute Gasteiger partial charge is 0.351 e. The smallest absolute Gasteiger partial charge is 0.251 e. The molecule has 0 saturated carbocycles. The number of pyridine rings is 2. The lowest BCUT2D eigenvalue weighted by Crippen LogP contribution is -2.59. The minimum absolute atomic E-state index is 0.00615. The number of halogens is 2. The van der Waals surface area contributed by atoms with Gasteiger partial charge in [0, 0.05) is 29.7 Å². The number of nitrogens with zero attached hydrogens (tertiary/aromatic N) is 3. The molecule has 7 heteroatoms. The predicted octanol–water partition coefficient (Wildman–Crippen LogP) is 3.66. The number of fused-ring (bicyclic) bond motifs is 1. The van der Waals surface area contributed by atoms with E-state index in [2.05, 4.69) is 15.3 Å². The number of aryl methyl sites for hydroxylation is 2. The molecule has 5 nitrogen and oxygen atoms in total. The van der Waals surface area contributed by atoms with Crippen molar-refractivity contribution in [1.29, 1.82) is 0 Å². The Balaban J connectivity index is 1.44. The molecule has 138 valence electrons. The fourth-order valence-electron chi connectivity index (χ4n) is 3.36. The van der Waals surface area contributed by atoms with Crippen molar-refractivity contribution in [3.8, 4) is 0 Å². The molecule has 3 heterocycles. The summed E-state index contributed by atoms with van der Waals surface area (Å²) in [5, 5.41) is 4.26. The van der Waals surface area contributed by atoms with Gasteiger partial charge in [-0.05, 0) is 49.7 Å². The number of benzene rings is 1. The molecule has 0 radical (unpaired) electrons. The first-order chi connectivity index (χ1) is 12.9. The average Bonchev–Trinajstić information content (AvgIpc) is 2.58. The van der Waals surface area contributed by atoms with Crippen molar-refractivity contribution in [2.75, 3.05) is 18.0 Å². The Morgan fingerprint density at radius 1 is 1.26 bits per heavy atom. The fraction of sp³-hybridized carbons (Fsp3) is 0.250. The molecule has 0 aliphatic carbocycles. The maximum Gasteiger partial charge on any atom is 0.251 e. The summed E-state index contributed by atoms with van der Waals surface area (Å²) in [7, 11) is 0. The van der Waals surface area contributed by atoms with Gasteiger partial charge in [-0.1, -0.05) is 11.6 Å².